The van der Waals surface area contributed by atoms with Gasteiger partial charge in [0, 0.05) is 37.6 Å². The zero-order valence-corrected chi connectivity index (χ0v) is 12.7. The standard InChI is InChI=1S/C16H20N4O2/c1-12-4-8-22-15(12)16(21)19-9-13-3-2-7-20(11-13)14-10-17-5-6-18-14/h4-6,8,10,13H,2-3,7,9,11H2,1H3,(H,19,21). The van der Waals surface area contributed by atoms with E-state index in [9.17, 15) is 4.79 Å². The molecular formula is C16H20N4O2. The van der Waals surface area contributed by atoms with Crippen molar-refractivity contribution in [2.45, 2.75) is 19.8 Å². The molecule has 0 saturated carbocycles. The van der Waals surface area contributed by atoms with Gasteiger partial charge in [-0.2, -0.15) is 0 Å². The van der Waals surface area contributed by atoms with Gasteiger partial charge in [0.15, 0.2) is 5.76 Å². The van der Waals surface area contributed by atoms with Gasteiger partial charge in [-0.25, -0.2) is 4.98 Å². The molecule has 116 valence electrons. The van der Waals surface area contributed by atoms with Gasteiger partial charge in [0.05, 0.1) is 12.5 Å². The smallest absolute Gasteiger partial charge is 0.287 e. The predicted molar refractivity (Wildman–Crippen MR) is 82.7 cm³/mol. The fourth-order valence-corrected chi connectivity index (χ4v) is 2.82. The topological polar surface area (TPSA) is 71.3 Å². The summed E-state index contributed by atoms with van der Waals surface area (Å²) >= 11 is 0. The van der Waals surface area contributed by atoms with E-state index < -0.39 is 0 Å². The lowest BCUT2D eigenvalue weighted by Gasteiger charge is -2.33. The molecule has 2 aromatic rings. The Bertz CT molecular complexity index is 626. The summed E-state index contributed by atoms with van der Waals surface area (Å²) in [6, 6.07) is 1.80. The van der Waals surface area contributed by atoms with E-state index in [-0.39, 0.29) is 5.91 Å². The van der Waals surface area contributed by atoms with Crippen LogP contribution in [0.5, 0.6) is 0 Å². The van der Waals surface area contributed by atoms with Crippen molar-refractivity contribution < 1.29 is 9.21 Å². The summed E-state index contributed by atoms with van der Waals surface area (Å²) in [7, 11) is 0. The molecular weight excluding hydrogens is 280 g/mol. The highest BCUT2D eigenvalue weighted by molar-refractivity contribution is 5.92. The number of nitrogens with one attached hydrogen (secondary N) is 1. The third kappa shape index (κ3) is 3.27. The Labute approximate surface area is 129 Å². The largest absolute Gasteiger partial charge is 0.459 e. The number of carbonyl (C=O) groups is 1. The minimum absolute atomic E-state index is 0.140. The van der Waals surface area contributed by atoms with Crippen LogP contribution >= 0.6 is 0 Å². The zero-order chi connectivity index (χ0) is 15.4. The van der Waals surface area contributed by atoms with Gasteiger partial charge in [0.1, 0.15) is 5.82 Å². The number of rotatable bonds is 4. The Balaban J connectivity index is 1.55. The highest BCUT2D eigenvalue weighted by Crippen LogP contribution is 2.20. The molecule has 1 aliphatic heterocycles. The number of anilines is 1. The van der Waals surface area contributed by atoms with E-state index in [1.807, 2.05) is 6.92 Å². The van der Waals surface area contributed by atoms with Crippen LogP contribution in [0, 0.1) is 12.8 Å². The average Bonchev–Trinajstić information content (AvgIpc) is 3.00. The minimum Gasteiger partial charge on any atom is -0.459 e. The van der Waals surface area contributed by atoms with E-state index in [2.05, 4.69) is 20.2 Å². The van der Waals surface area contributed by atoms with E-state index in [0.29, 0.717) is 18.2 Å². The summed E-state index contributed by atoms with van der Waals surface area (Å²) in [6.07, 6.45) is 8.91. The molecule has 1 saturated heterocycles. The molecule has 0 bridgehead atoms. The Hall–Kier alpha value is -2.37. The third-order valence-corrected chi connectivity index (χ3v) is 4.01. The molecule has 1 aliphatic rings. The number of aryl methyl sites for hydroxylation is 1. The molecule has 3 rings (SSSR count). The zero-order valence-electron chi connectivity index (χ0n) is 12.7. The quantitative estimate of drug-likeness (QED) is 0.935. The van der Waals surface area contributed by atoms with Gasteiger partial charge < -0.3 is 14.6 Å². The molecule has 1 amide bonds. The molecule has 22 heavy (non-hydrogen) atoms. The van der Waals surface area contributed by atoms with Gasteiger partial charge in [-0.3, -0.25) is 9.78 Å². The molecule has 2 aromatic heterocycles. The third-order valence-electron chi connectivity index (χ3n) is 4.01. The van der Waals surface area contributed by atoms with Gasteiger partial charge in [-0.05, 0) is 31.7 Å². The van der Waals surface area contributed by atoms with E-state index in [4.69, 9.17) is 4.42 Å². The molecule has 1 atom stereocenters. The van der Waals surface area contributed by atoms with Crippen LogP contribution in [0.15, 0.2) is 35.3 Å². The van der Waals surface area contributed by atoms with Gasteiger partial charge in [0.25, 0.3) is 5.91 Å². The van der Waals surface area contributed by atoms with Crippen molar-refractivity contribution in [1.29, 1.82) is 0 Å². The summed E-state index contributed by atoms with van der Waals surface area (Å²) in [5, 5.41) is 2.97. The fourth-order valence-electron chi connectivity index (χ4n) is 2.82. The van der Waals surface area contributed by atoms with Crippen LogP contribution in [-0.2, 0) is 0 Å². The number of hydrogen-bond acceptors (Lipinski definition) is 5. The number of nitrogens with zero attached hydrogens (tertiary/aromatic N) is 3. The Morgan fingerprint density at radius 3 is 3.14 bits per heavy atom. The van der Waals surface area contributed by atoms with Crippen molar-refractivity contribution in [1.82, 2.24) is 15.3 Å². The lowest BCUT2D eigenvalue weighted by molar-refractivity contribution is 0.0917. The maximum absolute atomic E-state index is 12.1. The van der Waals surface area contributed by atoms with Gasteiger partial charge in [-0.15, -0.1) is 0 Å². The Morgan fingerprint density at radius 1 is 1.50 bits per heavy atom. The first-order chi connectivity index (χ1) is 10.7. The first-order valence-corrected chi connectivity index (χ1v) is 7.57. The predicted octanol–water partition coefficient (Wildman–Crippen LogP) is 2.02. The maximum Gasteiger partial charge on any atom is 0.287 e. The molecule has 1 unspecified atom stereocenters. The molecule has 1 fully saturated rings. The summed E-state index contributed by atoms with van der Waals surface area (Å²) in [5.41, 5.74) is 0.863. The first kappa shape index (κ1) is 14.6. The Morgan fingerprint density at radius 2 is 2.41 bits per heavy atom. The lowest BCUT2D eigenvalue weighted by Crippen LogP contribution is -2.41. The van der Waals surface area contributed by atoms with Crippen LogP contribution in [0.4, 0.5) is 5.82 Å². The molecule has 0 spiro atoms. The van der Waals surface area contributed by atoms with Crippen molar-refractivity contribution >= 4 is 11.7 Å². The number of aromatic nitrogens is 2. The molecule has 6 nitrogen and oxygen atoms in total. The van der Waals surface area contributed by atoms with Crippen LogP contribution < -0.4 is 10.2 Å². The second-order valence-electron chi connectivity index (χ2n) is 5.66. The van der Waals surface area contributed by atoms with E-state index in [1.54, 1.807) is 30.9 Å². The van der Waals surface area contributed by atoms with Crippen molar-refractivity contribution in [2.24, 2.45) is 5.92 Å². The highest BCUT2D eigenvalue weighted by atomic mass is 16.3. The van der Waals surface area contributed by atoms with E-state index >= 15 is 0 Å². The summed E-state index contributed by atoms with van der Waals surface area (Å²) in [4.78, 5) is 22.8. The van der Waals surface area contributed by atoms with Crippen molar-refractivity contribution in [3.8, 4) is 0 Å². The molecule has 0 radical (unpaired) electrons. The van der Waals surface area contributed by atoms with E-state index in [0.717, 1.165) is 37.3 Å². The molecule has 6 heteroatoms. The molecule has 0 aromatic carbocycles. The van der Waals surface area contributed by atoms with E-state index in [1.165, 1.54) is 0 Å². The molecule has 0 aliphatic carbocycles. The van der Waals surface area contributed by atoms with Crippen molar-refractivity contribution in [3.05, 3.63) is 42.2 Å². The van der Waals surface area contributed by atoms with Crippen LogP contribution in [0.25, 0.3) is 0 Å². The summed E-state index contributed by atoms with van der Waals surface area (Å²) in [6.45, 7) is 4.39. The summed E-state index contributed by atoms with van der Waals surface area (Å²) < 4.78 is 5.22. The van der Waals surface area contributed by atoms with Crippen LogP contribution in [-0.4, -0.2) is 35.5 Å². The van der Waals surface area contributed by atoms with Crippen molar-refractivity contribution in [2.75, 3.05) is 24.5 Å². The highest BCUT2D eigenvalue weighted by Gasteiger charge is 2.22. The van der Waals surface area contributed by atoms with Gasteiger partial charge in [-0.1, -0.05) is 0 Å². The van der Waals surface area contributed by atoms with Gasteiger partial charge in [0.2, 0.25) is 0 Å². The number of carbonyl (C=O) groups excluding carboxylic acids is 1. The number of furan rings is 1. The first-order valence-electron chi connectivity index (χ1n) is 7.57. The number of hydrogen-bond donors (Lipinski definition) is 1. The normalized spacial score (nSPS) is 18.2. The SMILES string of the molecule is Cc1ccoc1C(=O)NCC1CCCN(c2cnccn2)C1. The number of amides is 1. The van der Waals surface area contributed by atoms with Crippen LogP contribution in [0.1, 0.15) is 29.0 Å². The van der Waals surface area contributed by atoms with Crippen molar-refractivity contribution in [3.63, 3.8) is 0 Å². The summed E-state index contributed by atoms with van der Waals surface area (Å²) in [5.74, 6) is 1.58. The van der Waals surface area contributed by atoms with Crippen LogP contribution in [0.2, 0.25) is 0 Å². The lowest BCUT2D eigenvalue weighted by atomic mass is 9.98. The van der Waals surface area contributed by atoms with Crippen LogP contribution in [0.3, 0.4) is 0 Å². The monoisotopic (exact) mass is 300 g/mol. The number of piperidine rings is 1. The maximum atomic E-state index is 12.1. The molecule has 3 heterocycles. The Kier molecular flexibility index (Phi) is 4.37. The fraction of sp³-hybridized carbons (Fsp3) is 0.438. The second-order valence-corrected chi connectivity index (χ2v) is 5.66. The molecule has 1 N–H and O–H groups in total. The van der Waals surface area contributed by atoms with Gasteiger partial charge >= 0.3 is 0 Å². The minimum atomic E-state index is -0.140. The second kappa shape index (κ2) is 6.60. The average molecular weight is 300 g/mol.